The maximum Gasteiger partial charge on any atom is 0.274 e. The summed E-state index contributed by atoms with van der Waals surface area (Å²) in [5.41, 5.74) is 3.19. The lowest BCUT2D eigenvalue weighted by atomic mass is 10.2. The molecule has 0 saturated heterocycles. The summed E-state index contributed by atoms with van der Waals surface area (Å²) in [5, 5.41) is 22.4. The molecule has 2 N–H and O–H groups in total. The second kappa shape index (κ2) is 7.20. The minimum absolute atomic E-state index is 0.149. The lowest BCUT2D eigenvalue weighted by Gasteiger charge is -2.19. The number of aliphatic hydroxyl groups excluding tert-OH is 2. The molecule has 1 aromatic carbocycles. The van der Waals surface area contributed by atoms with Crippen molar-refractivity contribution in [2.75, 3.05) is 26.3 Å². The number of aryl methyl sites for hydroxylation is 2. The molecular weight excluding hydrogens is 282 g/mol. The Bertz CT molecular complexity index is 629. The van der Waals surface area contributed by atoms with Crippen LogP contribution in [0.1, 0.15) is 21.7 Å². The van der Waals surface area contributed by atoms with E-state index in [-0.39, 0.29) is 32.2 Å². The van der Waals surface area contributed by atoms with Crippen molar-refractivity contribution in [2.45, 2.75) is 13.8 Å². The van der Waals surface area contributed by atoms with Gasteiger partial charge in [0.05, 0.1) is 18.9 Å². The van der Waals surface area contributed by atoms with E-state index in [1.807, 2.05) is 38.1 Å². The fraction of sp³-hybridized carbons (Fsp3) is 0.375. The second-order valence-corrected chi connectivity index (χ2v) is 5.16. The van der Waals surface area contributed by atoms with Gasteiger partial charge in [0.15, 0.2) is 5.69 Å². The third-order valence-electron chi connectivity index (χ3n) is 3.41. The minimum atomic E-state index is -0.294. The molecule has 0 spiro atoms. The zero-order chi connectivity index (χ0) is 16.1. The van der Waals surface area contributed by atoms with E-state index in [0.29, 0.717) is 5.69 Å². The van der Waals surface area contributed by atoms with Crippen molar-refractivity contribution >= 4 is 5.91 Å². The van der Waals surface area contributed by atoms with Gasteiger partial charge in [0.25, 0.3) is 5.91 Å². The molecule has 0 aliphatic carbocycles. The molecule has 0 fully saturated rings. The van der Waals surface area contributed by atoms with Crippen molar-refractivity contribution in [1.29, 1.82) is 0 Å². The van der Waals surface area contributed by atoms with Crippen LogP contribution in [0.15, 0.2) is 30.3 Å². The molecule has 22 heavy (non-hydrogen) atoms. The van der Waals surface area contributed by atoms with Crippen LogP contribution >= 0.6 is 0 Å². The van der Waals surface area contributed by atoms with Gasteiger partial charge in [-0.05, 0) is 32.0 Å². The fourth-order valence-corrected chi connectivity index (χ4v) is 2.24. The van der Waals surface area contributed by atoms with E-state index >= 15 is 0 Å². The predicted molar refractivity (Wildman–Crippen MR) is 83.1 cm³/mol. The van der Waals surface area contributed by atoms with Gasteiger partial charge in [-0.3, -0.25) is 4.79 Å². The number of carbonyl (C=O) groups is 1. The SMILES string of the molecule is Cc1ccc(-n2nc(C(=O)N(CCO)CCO)cc2C)cc1. The third-order valence-corrected chi connectivity index (χ3v) is 3.41. The van der Waals surface area contributed by atoms with Crippen LogP contribution in [0, 0.1) is 13.8 Å². The molecule has 118 valence electrons. The van der Waals surface area contributed by atoms with Crippen LogP contribution in [0.25, 0.3) is 5.69 Å². The number of rotatable bonds is 6. The average Bonchev–Trinajstić information content (AvgIpc) is 2.89. The van der Waals surface area contributed by atoms with Crippen LogP contribution in [-0.2, 0) is 0 Å². The molecule has 0 radical (unpaired) electrons. The minimum Gasteiger partial charge on any atom is -0.395 e. The quantitative estimate of drug-likeness (QED) is 0.831. The first-order valence-corrected chi connectivity index (χ1v) is 7.21. The van der Waals surface area contributed by atoms with Crippen molar-refractivity contribution in [2.24, 2.45) is 0 Å². The standard InChI is InChI=1S/C16H21N3O3/c1-12-3-5-14(6-4-12)19-13(2)11-15(17-19)16(22)18(7-9-20)8-10-21/h3-6,11,20-21H,7-10H2,1-2H3. The fourth-order valence-electron chi connectivity index (χ4n) is 2.24. The Balaban J connectivity index is 2.28. The molecule has 0 bridgehead atoms. The lowest BCUT2D eigenvalue weighted by Crippen LogP contribution is -2.36. The number of amides is 1. The number of carbonyl (C=O) groups excluding carboxylic acids is 1. The molecule has 1 aromatic heterocycles. The molecule has 0 atom stereocenters. The van der Waals surface area contributed by atoms with Crippen LogP contribution < -0.4 is 0 Å². The number of aliphatic hydroxyl groups is 2. The highest BCUT2D eigenvalue weighted by Gasteiger charge is 2.19. The summed E-state index contributed by atoms with van der Waals surface area (Å²) in [5.74, 6) is -0.294. The van der Waals surface area contributed by atoms with Gasteiger partial charge < -0.3 is 15.1 Å². The van der Waals surface area contributed by atoms with E-state index in [9.17, 15) is 4.79 Å². The Morgan fingerprint density at radius 1 is 1.14 bits per heavy atom. The van der Waals surface area contributed by atoms with Gasteiger partial charge in [-0.1, -0.05) is 17.7 Å². The first kappa shape index (κ1) is 16.2. The largest absolute Gasteiger partial charge is 0.395 e. The molecule has 2 rings (SSSR count). The van der Waals surface area contributed by atoms with Gasteiger partial charge in [-0.2, -0.15) is 5.10 Å². The smallest absolute Gasteiger partial charge is 0.274 e. The Morgan fingerprint density at radius 3 is 2.27 bits per heavy atom. The number of benzene rings is 1. The van der Waals surface area contributed by atoms with Gasteiger partial charge in [0.1, 0.15) is 0 Å². The normalized spacial score (nSPS) is 10.7. The number of nitrogens with zero attached hydrogens (tertiary/aromatic N) is 3. The van der Waals surface area contributed by atoms with E-state index in [1.165, 1.54) is 4.90 Å². The van der Waals surface area contributed by atoms with E-state index in [2.05, 4.69) is 5.10 Å². The van der Waals surface area contributed by atoms with E-state index in [1.54, 1.807) is 10.7 Å². The van der Waals surface area contributed by atoms with Crippen molar-refractivity contribution in [3.8, 4) is 5.69 Å². The van der Waals surface area contributed by atoms with Crippen molar-refractivity contribution in [1.82, 2.24) is 14.7 Å². The van der Waals surface area contributed by atoms with Gasteiger partial charge in [0.2, 0.25) is 0 Å². The maximum atomic E-state index is 12.4. The first-order chi connectivity index (χ1) is 10.6. The summed E-state index contributed by atoms with van der Waals surface area (Å²) in [6.07, 6.45) is 0. The summed E-state index contributed by atoms with van der Waals surface area (Å²) in [7, 11) is 0. The van der Waals surface area contributed by atoms with Crippen LogP contribution in [0.4, 0.5) is 0 Å². The molecule has 1 heterocycles. The molecule has 0 saturated carbocycles. The predicted octanol–water partition coefficient (Wildman–Crippen LogP) is 0.916. The summed E-state index contributed by atoms with van der Waals surface area (Å²) in [6, 6.07) is 9.58. The van der Waals surface area contributed by atoms with Gasteiger partial charge in [-0.15, -0.1) is 0 Å². The lowest BCUT2D eigenvalue weighted by molar-refractivity contribution is 0.0678. The molecule has 0 unspecified atom stereocenters. The van der Waals surface area contributed by atoms with Crippen LogP contribution in [0.3, 0.4) is 0 Å². The summed E-state index contributed by atoms with van der Waals surface area (Å²) in [4.78, 5) is 13.8. The molecule has 1 amide bonds. The zero-order valence-electron chi connectivity index (χ0n) is 12.9. The van der Waals surface area contributed by atoms with Crippen molar-refractivity contribution in [3.63, 3.8) is 0 Å². The maximum absolute atomic E-state index is 12.4. The number of aromatic nitrogens is 2. The molecule has 0 aliphatic rings. The topological polar surface area (TPSA) is 78.6 Å². The number of hydrogen-bond acceptors (Lipinski definition) is 4. The Hall–Kier alpha value is -2.18. The van der Waals surface area contributed by atoms with Gasteiger partial charge in [0, 0.05) is 18.8 Å². The Kier molecular flexibility index (Phi) is 5.30. The van der Waals surface area contributed by atoms with Crippen molar-refractivity contribution < 1.29 is 15.0 Å². The molecular formula is C16H21N3O3. The highest BCUT2D eigenvalue weighted by molar-refractivity contribution is 5.92. The zero-order valence-corrected chi connectivity index (χ0v) is 12.9. The Morgan fingerprint density at radius 2 is 1.73 bits per heavy atom. The summed E-state index contributed by atoms with van der Waals surface area (Å²) >= 11 is 0. The van der Waals surface area contributed by atoms with E-state index in [4.69, 9.17) is 10.2 Å². The summed E-state index contributed by atoms with van der Waals surface area (Å²) in [6.45, 7) is 3.95. The average molecular weight is 303 g/mol. The Labute approximate surface area is 129 Å². The highest BCUT2D eigenvalue weighted by atomic mass is 16.3. The van der Waals surface area contributed by atoms with Crippen LogP contribution in [0.2, 0.25) is 0 Å². The second-order valence-electron chi connectivity index (χ2n) is 5.16. The third kappa shape index (κ3) is 3.52. The van der Waals surface area contributed by atoms with E-state index < -0.39 is 0 Å². The highest BCUT2D eigenvalue weighted by Crippen LogP contribution is 2.14. The van der Waals surface area contributed by atoms with Gasteiger partial charge >= 0.3 is 0 Å². The molecule has 6 heteroatoms. The number of hydrogen-bond donors (Lipinski definition) is 2. The van der Waals surface area contributed by atoms with Crippen LogP contribution in [-0.4, -0.2) is 57.1 Å². The molecule has 0 aliphatic heterocycles. The molecule has 6 nitrogen and oxygen atoms in total. The first-order valence-electron chi connectivity index (χ1n) is 7.21. The molecule has 2 aromatic rings. The van der Waals surface area contributed by atoms with Crippen molar-refractivity contribution in [3.05, 3.63) is 47.3 Å². The van der Waals surface area contributed by atoms with Gasteiger partial charge in [-0.25, -0.2) is 4.68 Å². The summed E-state index contributed by atoms with van der Waals surface area (Å²) < 4.78 is 1.71. The van der Waals surface area contributed by atoms with Crippen LogP contribution in [0.5, 0.6) is 0 Å². The monoisotopic (exact) mass is 303 g/mol. The van der Waals surface area contributed by atoms with E-state index in [0.717, 1.165) is 16.9 Å².